The minimum absolute atomic E-state index is 0.284. The third-order valence-corrected chi connectivity index (χ3v) is 12.3. The van der Waals surface area contributed by atoms with Crippen molar-refractivity contribution in [1.82, 2.24) is 24.1 Å². The molecule has 0 unspecified atom stereocenters. The average Bonchev–Trinajstić information content (AvgIpc) is 3.90. The van der Waals surface area contributed by atoms with Crippen molar-refractivity contribution in [1.29, 1.82) is 0 Å². The Hall–Kier alpha value is -7.63. The van der Waals surface area contributed by atoms with Gasteiger partial charge in [-0.2, -0.15) is 0 Å². The molecule has 3 aromatic heterocycles. The fourth-order valence-corrected chi connectivity index (χ4v) is 9.84. The van der Waals surface area contributed by atoms with Crippen LogP contribution in [-0.2, 0) is 5.41 Å². The Bertz CT molecular complexity index is 3390. The van der Waals surface area contributed by atoms with Crippen LogP contribution in [0.1, 0.15) is 25.0 Å². The van der Waals surface area contributed by atoms with Crippen molar-refractivity contribution in [2.45, 2.75) is 19.3 Å². The van der Waals surface area contributed by atoms with E-state index in [4.69, 9.17) is 15.0 Å². The third-order valence-electron chi connectivity index (χ3n) is 12.3. The van der Waals surface area contributed by atoms with Gasteiger partial charge in [-0.05, 0) is 53.1 Å². The summed E-state index contributed by atoms with van der Waals surface area (Å²) in [5, 5.41) is 4.98. The van der Waals surface area contributed by atoms with Crippen LogP contribution < -0.4 is 0 Å². The summed E-state index contributed by atoms with van der Waals surface area (Å²) in [6.45, 7) is 4.80. The highest BCUT2D eigenvalue weighted by Gasteiger charge is 2.41. The number of hydrogen-bond donors (Lipinski definition) is 0. The Morgan fingerprint density at radius 3 is 1.56 bits per heavy atom. The van der Waals surface area contributed by atoms with Gasteiger partial charge in [-0.1, -0.05) is 166 Å². The lowest BCUT2D eigenvalue weighted by molar-refractivity contribution is 0.667. The maximum absolute atomic E-state index is 5.25. The summed E-state index contributed by atoms with van der Waals surface area (Å²) in [5.74, 6) is 1.89. The number of para-hydroxylation sites is 4. The summed E-state index contributed by atoms with van der Waals surface area (Å²) in [6.07, 6.45) is 0. The number of nitrogens with zero attached hydrogens (tertiary/aromatic N) is 5. The second-order valence-electron chi connectivity index (χ2n) is 16.0. The van der Waals surface area contributed by atoms with Gasteiger partial charge in [0.1, 0.15) is 0 Å². The molecule has 0 bridgehead atoms. The first-order valence-electron chi connectivity index (χ1n) is 20.2. The van der Waals surface area contributed by atoms with Gasteiger partial charge in [-0.15, -0.1) is 0 Å². The molecule has 5 nitrogen and oxygen atoms in total. The second kappa shape index (κ2) is 12.7. The van der Waals surface area contributed by atoms with E-state index in [0.717, 1.165) is 33.6 Å². The van der Waals surface area contributed by atoms with E-state index in [1.807, 2.05) is 36.4 Å². The van der Waals surface area contributed by atoms with Crippen molar-refractivity contribution in [2.75, 3.05) is 0 Å². The number of aromatic nitrogens is 5. The first-order chi connectivity index (χ1) is 29.1. The highest BCUT2D eigenvalue weighted by Crippen LogP contribution is 2.58. The predicted molar refractivity (Wildman–Crippen MR) is 242 cm³/mol. The SMILES string of the molecule is CC1(C)c2ccccc2-c2c1c1c3ccccc3n(-c3ccccc3)c1c1c3ccccc3n(-c3ccccc3-c3nc(-c4ccccc4)nc(-c4ccccc4)n3)c21. The molecule has 5 heteroatoms. The molecule has 0 N–H and O–H groups in total. The van der Waals surface area contributed by atoms with Crippen molar-refractivity contribution in [3.63, 3.8) is 0 Å². The molecule has 1 aliphatic carbocycles. The molecule has 1 aliphatic rings. The third kappa shape index (κ3) is 4.82. The number of rotatable bonds is 5. The number of fused-ring (bicyclic) bond motifs is 12. The Morgan fingerprint density at radius 2 is 0.898 bits per heavy atom. The van der Waals surface area contributed by atoms with E-state index in [1.165, 1.54) is 60.3 Å². The van der Waals surface area contributed by atoms with Gasteiger partial charge in [-0.25, -0.2) is 15.0 Å². The number of benzene rings is 8. The molecule has 3 heterocycles. The van der Waals surface area contributed by atoms with Crippen LogP contribution in [0.4, 0.5) is 0 Å². The molecular formula is C54H37N5. The zero-order valence-electron chi connectivity index (χ0n) is 32.6. The smallest absolute Gasteiger partial charge is 0.166 e. The van der Waals surface area contributed by atoms with E-state index >= 15 is 0 Å². The molecule has 0 saturated heterocycles. The Labute approximate surface area is 341 Å². The molecule has 0 radical (unpaired) electrons. The van der Waals surface area contributed by atoms with Crippen molar-refractivity contribution in [3.05, 3.63) is 199 Å². The van der Waals surface area contributed by atoms with Gasteiger partial charge < -0.3 is 9.13 Å². The van der Waals surface area contributed by atoms with Gasteiger partial charge in [-0.3, -0.25) is 0 Å². The summed E-state index contributed by atoms with van der Waals surface area (Å²) in [7, 11) is 0. The highest BCUT2D eigenvalue weighted by atomic mass is 15.1. The molecule has 0 amide bonds. The monoisotopic (exact) mass is 755 g/mol. The number of hydrogen-bond acceptors (Lipinski definition) is 3. The summed E-state index contributed by atoms with van der Waals surface area (Å²) >= 11 is 0. The van der Waals surface area contributed by atoms with Crippen LogP contribution in [0.5, 0.6) is 0 Å². The van der Waals surface area contributed by atoms with Gasteiger partial charge in [0.2, 0.25) is 0 Å². The summed E-state index contributed by atoms with van der Waals surface area (Å²) in [6, 6.07) is 66.7. The van der Waals surface area contributed by atoms with E-state index in [0.29, 0.717) is 17.5 Å². The molecule has 0 spiro atoms. The normalized spacial score (nSPS) is 13.1. The first kappa shape index (κ1) is 33.5. The lowest BCUT2D eigenvalue weighted by Gasteiger charge is -2.23. The van der Waals surface area contributed by atoms with Gasteiger partial charge in [0.25, 0.3) is 0 Å². The minimum atomic E-state index is -0.284. The van der Waals surface area contributed by atoms with Gasteiger partial charge in [0, 0.05) is 54.9 Å². The molecule has 59 heavy (non-hydrogen) atoms. The molecule has 8 aromatic carbocycles. The van der Waals surface area contributed by atoms with E-state index in [9.17, 15) is 0 Å². The zero-order chi connectivity index (χ0) is 39.2. The Balaban J connectivity index is 1.28. The molecule has 11 aromatic rings. The highest BCUT2D eigenvalue weighted by molar-refractivity contribution is 6.31. The Kier molecular flexibility index (Phi) is 7.20. The van der Waals surface area contributed by atoms with Crippen molar-refractivity contribution < 1.29 is 0 Å². The van der Waals surface area contributed by atoms with Crippen LogP contribution in [0.3, 0.4) is 0 Å². The van der Waals surface area contributed by atoms with Crippen LogP contribution in [-0.4, -0.2) is 24.1 Å². The van der Waals surface area contributed by atoms with Gasteiger partial charge >= 0.3 is 0 Å². The fourth-order valence-electron chi connectivity index (χ4n) is 9.84. The molecule has 0 saturated carbocycles. The molecule has 0 aliphatic heterocycles. The van der Waals surface area contributed by atoms with Crippen molar-refractivity contribution in [3.8, 4) is 56.7 Å². The predicted octanol–water partition coefficient (Wildman–Crippen LogP) is 13.4. The first-order valence-corrected chi connectivity index (χ1v) is 20.2. The fraction of sp³-hybridized carbons (Fsp3) is 0.0556. The zero-order valence-corrected chi connectivity index (χ0v) is 32.6. The lowest BCUT2D eigenvalue weighted by atomic mass is 9.80. The Morgan fingerprint density at radius 1 is 0.407 bits per heavy atom. The van der Waals surface area contributed by atoms with E-state index < -0.39 is 0 Å². The topological polar surface area (TPSA) is 48.5 Å². The van der Waals surface area contributed by atoms with E-state index in [2.05, 4.69) is 175 Å². The summed E-state index contributed by atoms with van der Waals surface area (Å²) in [4.78, 5) is 15.6. The van der Waals surface area contributed by atoms with Crippen LogP contribution in [0.2, 0.25) is 0 Å². The second-order valence-corrected chi connectivity index (χ2v) is 16.0. The molecule has 278 valence electrons. The van der Waals surface area contributed by atoms with Gasteiger partial charge in [0.05, 0.1) is 27.8 Å². The average molecular weight is 756 g/mol. The maximum Gasteiger partial charge on any atom is 0.166 e. The molecule has 0 atom stereocenters. The van der Waals surface area contributed by atoms with Crippen molar-refractivity contribution >= 4 is 43.6 Å². The van der Waals surface area contributed by atoms with Crippen LogP contribution in [0.25, 0.3) is 100 Å². The van der Waals surface area contributed by atoms with Crippen LogP contribution >= 0.6 is 0 Å². The molecular weight excluding hydrogens is 719 g/mol. The molecule has 0 fully saturated rings. The van der Waals surface area contributed by atoms with Crippen LogP contribution in [0.15, 0.2) is 188 Å². The van der Waals surface area contributed by atoms with Gasteiger partial charge in [0.15, 0.2) is 17.5 Å². The quantitative estimate of drug-likeness (QED) is 0.176. The summed E-state index contributed by atoms with van der Waals surface area (Å²) in [5.41, 5.74) is 14.6. The van der Waals surface area contributed by atoms with Crippen LogP contribution in [0, 0.1) is 0 Å². The lowest BCUT2D eigenvalue weighted by Crippen LogP contribution is -2.15. The van der Waals surface area contributed by atoms with Crippen molar-refractivity contribution in [2.24, 2.45) is 0 Å². The van der Waals surface area contributed by atoms with E-state index in [-0.39, 0.29) is 5.41 Å². The minimum Gasteiger partial charge on any atom is -0.309 e. The summed E-state index contributed by atoms with van der Waals surface area (Å²) < 4.78 is 5.00. The largest absolute Gasteiger partial charge is 0.309 e. The standard InChI is InChI=1S/C54H37N5/c1-54(2)41-30-16-12-26-37(41)45-48(54)46-38-27-13-17-31-42(38)58(36-24-10-5-11-25-36)49(46)47-39-28-14-18-32-43(39)59(50(45)47)44-33-19-15-29-40(44)53-56-51(34-20-6-3-7-21-34)55-52(57-53)35-22-8-4-9-23-35/h3-33H,1-2H3. The maximum atomic E-state index is 5.25. The van der Waals surface area contributed by atoms with E-state index in [1.54, 1.807) is 0 Å². The molecule has 12 rings (SSSR count).